The molecule has 3 rings (SSSR count). The van der Waals surface area contributed by atoms with Gasteiger partial charge in [-0.1, -0.05) is 0 Å². The number of hydrogen-bond acceptors (Lipinski definition) is 5. The Morgan fingerprint density at radius 1 is 1.22 bits per heavy atom. The Morgan fingerprint density at radius 3 is 2.65 bits per heavy atom. The molecule has 0 saturated carbocycles. The predicted octanol–water partition coefficient (Wildman–Crippen LogP) is 0.443. The Labute approximate surface area is 141 Å². The lowest BCUT2D eigenvalue weighted by Crippen LogP contribution is -2.46. The molecule has 4 atom stereocenters. The molecular formula is C16H24N4O2S. The summed E-state index contributed by atoms with van der Waals surface area (Å²) in [4.78, 5) is 29.0. The van der Waals surface area contributed by atoms with E-state index in [-0.39, 0.29) is 35.9 Å². The molecule has 3 saturated heterocycles. The van der Waals surface area contributed by atoms with E-state index in [1.54, 1.807) is 4.90 Å². The van der Waals surface area contributed by atoms with Gasteiger partial charge in [-0.05, 0) is 26.2 Å². The predicted molar refractivity (Wildman–Crippen MR) is 88.7 cm³/mol. The van der Waals surface area contributed by atoms with Gasteiger partial charge in [0.05, 0.1) is 18.0 Å². The van der Waals surface area contributed by atoms with E-state index in [4.69, 9.17) is 5.26 Å². The highest BCUT2D eigenvalue weighted by atomic mass is 32.2. The van der Waals surface area contributed by atoms with Gasteiger partial charge in [-0.25, -0.2) is 0 Å². The highest BCUT2D eigenvalue weighted by molar-refractivity contribution is 7.99. The highest BCUT2D eigenvalue weighted by Gasteiger charge is 2.43. The van der Waals surface area contributed by atoms with Crippen LogP contribution in [0.15, 0.2) is 0 Å². The molecule has 0 radical (unpaired) electrons. The van der Waals surface area contributed by atoms with Crippen molar-refractivity contribution in [3.8, 4) is 6.07 Å². The average molecular weight is 336 g/mol. The topological polar surface area (TPSA) is 76.4 Å². The first-order chi connectivity index (χ1) is 11.1. The van der Waals surface area contributed by atoms with Gasteiger partial charge in [-0.15, -0.1) is 0 Å². The fourth-order valence-corrected chi connectivity index (χ4v) is 4.73. The largest absolute Gasteiger partial charge is 0.341 e. The molecule has 0 spiro atoms. The smallest absolute Gasteiger partial charge is 0.240 e. The summed E-state index contributed by atoms with van der Waals surface area (Å²) in [7, 11) is 0. The molecule has 3 heterocycles. The van der Waals surface area contributed by atoms with Crippen molar-refractivity contribution >= 4 is 23.6 Å². The van der Waals surface area contributed by atoms with E-state index in [1.165, 1.54) is 0 Å². The van der Waals surface area contributed by atoms with Gasteiger partial charge >= 0.3 is 0 Å². The number of likely N-dealkylation sites (tertiary alicyclic amines) is 1. The molecule has 1 N–H and O–H groups in total. The summed E-state index contributed by atoms with van der Waals surface area (Å²) in [6.07, 6.45) is 2.20. The molecule has 0 aromatic rings. The standard InChI is InChI=1S/C16H24N4O2S/c1-11-13(15(21)19-5-7-23-8-6-19)9-14(18-11)16(22)20-4-2-3-12(20)10-17/h11-14,18H,2-9H2,1H3/t11-,12-,13-,14-/m0/s1. The van der Waals surface area contributed by atoms with Crippen LogP contribution in [-0.4, -0.2) is 70.9 Å². The van der Waals surface area contributed by atoms with E-state index < -0.39 is 0 Å². The van der Waals surface area contributed by atoms with Gasteiger partial charge in [0.2, 0.25) is 11.8 Å². The summed E-state index contributed by atoms with van der Waals surface area (Å²) in [5.41, 5.74) is 0. The number of carbonyl (C=O) groups is 2. The fraction of sp³-hybridized carbons (Fsp3) is 0.812. The van der Waals surface area contributed by atoms with Crippen LogP contribution in [0.3, 0.4) is 0 Å². The zero-order chi connectivity index (χ0) is 16.4. The van der Waals surface area contributed by atoms with Gasteiger partial charge in [-0.2, -0.15) is 17.0 Å². The molecule has 0 unspecified atom stereocenters. The number of nitriles is 1. The lowest BCUT2D eigenvalue weighted by molar-refractivity contribution is -0.135. The number of thioether (sulfide) groups is 1. The maximum absolute atomic E-state index is 12.7. The molecule has 0 aromatic carbocycles. The zero-order valence-electron chi connectivity index (χ0n) is 13.5. The molecule has 2 amide bonds. The minimum atomic E-state index is -0.327. The molecule has 0 bridgehead atoms. The molecule has 7 heteroatoms. The van der Waals surface area contributed by atoms with Crippen LogP contribution in [-0.2, 0) is 9.59 Å². The second-order valence-electron chi connectivity index (χ2n) is 6.61. The molecule has 0 aliphatic carbocycles. The number of carbonyl (C=O) groups excluding carboxylic acids is 2. The summed E-state index contributed by atoms with van der Waals surface area (Å²) in [6.45, 7) is 4.27. The number of rotatable bonds is 2. The van der Waals surface area contributed by atoms with E-state index in [0.29, 0.717) is 13.0 Å². The number of amides is 2. The second kappa shape index (κ2) is 7.10. The van der Waals surface area contributed by atoms with Crippen LogP contribution in [0.4, 0.5) is 0 Å². The molecule has 3 fully saturated rings. The van der Waals surface area contributed by atoms with Crippen LogP contribution in [0.1, 0.15) is 26.2 Å². The summed E-state index contributed by atoms with van der Waals surface area (Å²) in [5.74, 6) is 2.04. The Morgan fingerprint density at radius 2 is 1.96 bits per heavy atom. The maximum atomic E-state index is 12.7. The first kappa shape index (κ1) is 16.6. The third-order valence-electron chi connectivity index (χ3n) is 5.18. The maximum Gasteiger partial charge on any atom is 0.240 e. The van der Waals surface area contributed by atoms with Crippen LogP contribution in [0.5, 0.6) is 0 Å². The Kier molecular flexibility index (Phi) is 5.12. The van der Waals surface area contributed by atoms with Crippen molar-refractivity contribution in [3.63, 3.8) is 0 Å². The van der Waals surface area contributed by atoms with Crippen molar-refractivity contribution in [1.82, 2.24) is 15.1 Å². The van der Waals surface area contributed by atoms with Gasteiger partial charge < -0.3 is 15.1 Å². The van der Waals surface area contributed by atoms with Crippen LogP contribution < -0.4 is 5.32 Å². The van der Waals surface area contributed by atoms with E-state index in [1.807, 2.05) is 23.6 Å². The zero-order valence-corrected chi connectivity index (χ0v) is 14.3. The Hall–Kier alpha value is -1.26. The molecule has 23 heavy (non-hydrogen) atoms. The van der Waals surface area contributed by atoms with Crippen LogP contribution in [0.2, 0.25) is 0 Å². The minimum absolute atomic E-state index is 0.00849. The average Bonchev–Trinajstić information content (AvgIpc) is 3.20. The molecule has 6 nitrogen and oxygen atoms in total. The van der Waals surface area contributed by atoms with Crippen molar-refractivity contribution in [2.24, 2.45) is 5.92 Å². The normalized spacial score (nSPS) is 34.4. The molecule has 126 valence electrons. The SMILES string of the molecule is C[C@@H]1N[C@H](C(=O)N2CCC[C@H]2C#N)C[C@@H]1C(=O)N1CCSCC1. The van der Waals surface area contributed by atoms with E-state index in [0.717, 1.165) is 37.4 Å². The van der Waals surface area contributed by atoms with Gasteiger partial charge in [-0.3, -0.25) is 9.59 Å². The first-order valence-corrected chi connectivity index (χ1v) is 9.60. The lowest BCUT2D eigenvalue weighted by Gasteiger charge is -2.30. The van der Waals surface area contributed by atoms with Crippen molar-refractivity contribution in [2.75, 3.05) is 31.1 Å². The molecule has 0 aromatic heterocycles. The number of nitrogens with zero attached hydrogens (tertiary/aromatic N) is 3. The van der Waals surface area contributed by atoms with E-state index in [9.17, 15) is 9.59 Å². The van der Waals surface area contributed by atoms with Crippen molar-refractivity contribution < 1.29 is 9.59 Å². The van der Waals surface area contributed by atoms with Gasteiger partial charge in [0.1, 0.15) is 6.04 Å². The van der Waals surface area contributed by atoms with Gasteiger partial charge in [0.15, 0.2) is 0 Å². The van der Waals surface area contributed by atoms with Crippen LogP contribution in [0, 0.1) is 17.2 Å². The minimum Gasteiger partial charge on any atom is -0.341 e. The monoisotopic (exact) mass is 336 g/mol. The van der Waals surface area contributed by atoms with Crippen molar-refractivity contribution in [2.45, 2.75) is 44.3 Å². The van der Waals surface area contributed by atoms with E-state index >= 15 is 0 Å². The number of nitrogens with one attached hydrogen (secondary N) is 1. The third kappa shape index (κ3) is 3.33. The highest BCUT2D eigenvalue weighted by Crippen LogP contribution is 2.27. The quantitative estimate of drug-likeness (QED) is 0.792. The van der Waals surface area contributed by atoms with Gasteiger partial charge in [0, 0.05) is 37.2 Å². The van der Waals surface area contributed by atoms with Crippen LogP contribution >= 0.6 is 11.8 Å². The third-order valence-corrected chi connectivity index (χ3v) is 6.12. The number of hydrogen-bond donors (Lipinski definition) is 1. The Bertz CT molecular complexity index is 515. The molecular weight excluding hydrogens is 312 g/mol. The second-order valence-corrected chi connectivity index (χ2v) is 7.83. The summed E-state index contributed by atoms with van der Waals surface area (Å²) in [6, 6.07) is 1.60. The van der Waals surface area contributed by atoms with E-state index in [2.05, 4.69) is 11.4 Å². The summed E-state index contributed by atoms with van der Waals surface area (Å²) >= 11 is 1.88. The summed E-state index contributed by atoms with van der Waals surface area (Å²) in [5, 5.41) is 12.5. The first-order valence-electron chi connectivity index (χ1n) is 8.44. The fourth-order valence-electron chi connectivity index (χ4n) is 3.83. The van der Waals surface area contributed by atoms with Crippen molar-refractivity contribution in [1.29, 1.82) is 5.26 Å². The molecule has 3 aliphatic rings. The Balaban J connectivity index is 1.62. The van der Waals surface area contributed by atoms with Gasteiger partial charge in [0.25, 0.3) is 0 Å². The molecule has 3 aliphatic heterocycles. The van der Waals surface area contributed by atoms with Crippen LogP contribution in [0.25, 0.3) is 0 Å². The lowest BCUT2D eigenvalue weighted by atomic mass is 9.97. The summed E-state index contributed by atoms with van der Waals surface area (Å²) < 4.78 is 0. The van der Waals surface area contributed by atoms with Crippen molar-refractivity contribution in [3.05, 3.63) is 0 Å².